The fraction of sp³-hybridized carbons (Fsp3) is 0.429. The molecule has 2 N–H and O–H groups in total. The number of para-hydroxylation sites is 1. The molecule has 2 saturated heterocycles. The van der Waals surface area contributed by atoms with Crippen molar-refractivity contribution in [2.45, 2.75) is 62.7 Å². The van der Waals surface area contributed by atoms with Crippen LogP contribution >= 0.6 is 0 Å². The average Bonchev–Trinajstić information content (AvgIpc) is 3.85. The van der Waals surface area contributed by atoms with Gasteiger partial charge in [-0.3, -0.25) is 19.2 Å². The van der Waals surface area contributed by atoms with Gasteiger partial charge in [0.1, 0.15) is 35.9 Å². The lowest BCUT2D eigenvalue weighted by molar-refractivity contribution is -0.159. The Kier molecular flexibility index (Phi) is 8.56. The van der Waals surface area contributed by atoms with E-state index in [2.05, 4.69) is 15.6 Å². The lowest BCUT2D eigenvalue weighted by atomic mass is 9.74. The van der Waals surface area contributed by atoms with E-state index in [1.807, 2.05) is 66.7 Å². The van der Waals surface area contributed by atoms with E-state index in [-0.39, 0.29) is 38.5 Å². The van der Waals surface area contributed by atoms with Gasteiger partial charge in [0.15, 0.2) is 0 Å². The maximum Gasteiger partial charge on any atom is 0.313 e. The van der Waals surface area contributed by atoms with Crippen LogP contribution in [-0.4, -0.2) is 103 Å². The first kappa shape index (κ1) is 31.7. The van der Waals surface area contributed by atoms with Crippen LogP contribution in [0.25, 0.3) is 11.0 Å². The predicted octanol–water partition coefficient (Wildman–Crippen LogP) is 1.37. The van der Waals surface area contributed by atoms with Gasteiger partial charge < -0.3 is 29.7 Å². The highest BCUT2D eigenvalue weighted by atomic mass is 16.6. The molecule has 0 aliphatic carbocycles. The van der Waals surface area contributed by atoms with Gasteiger partial charge in [-0.1, -0.05) is 72.0 Å². The summed E-state index contributed by atoms with van der Waals surface area (Å²) >= 11 is 0. The van der Waals surface area contributed by atoms with Crippen LogP contribution in [0.3, 0.4) is 0 Å². The number of amides is 3. The van der Waals surface area contributed by atoms with E-state index in [4.69, 9.17) is 9.47 Å². The number of aliphatic hydroxyl groups excluding tert-OH is 1. The zero-order valence-electron chi connectivity index (χ0n) is 26.6. The molecule has 4 aliphatic rings. The quantitative estimate of drug-likeness (QED) is 0.296. The second kappa shape index (κ2) is 13.0. The van der Waals surface area contributed by atoms with Crippen molar-refractivity contribution < 1.29 is 33.8 Å². The number of carbonyl (C=O) groups is 4. The van der Waals surface area contributed by atoms with Crippen molar-refractivity contribution in [1.29, 1.82) is 0 Å². The standard InChI is InChI=1S/C35H38N6O7/c1-22-19-36-28(43)14-6-3-9-17-39(21-40-26-13-8-7-12-25(26)37-38-40)33(45)31-35-16-15-27(48-35)29(34(46)47-22)30(35)32(44)41(31)24(20-42)18-23-10-4-2-5-11-23/h2-5,7-13,15-16,22,24,27,29-31,42H,6,14,17-21H2,1H3,(H,36,43)/b9-3-/t22-,24+,27+,29-,30-,31+,35-/m0/s1. The Balaban J connectivity index is 1.32. The smallest absolute Gasteiger partial charge is 0.313 e. The first-order valence-corrected chi connectivity index (χ1v) is 16.3. The van der Waals surface area contributed by atoms with Gasteiger partial charge >= 0.3 is 5.97 Å². The number of aliphatic hydroxyl groups is 1. The molecule has 250 valence electrons. The third-order valence-electron chi connectivity index (χ3n) is 9.71. The second-order valence-electron chi connectivity index (χ2n) is 12.8. The summed E-state index contributed by atoms with van der Waals surface area (Å²) in [6.07, 6.45) is 6.59. The van der Waals surface area contributed by atoms with Crippen molar-refractivity contribution in [2.24, 2.45) is 11.8 Å². The number of fused-ring (bicyclic) bond motifs is 3. The Morgan fingerprint density at radius 3 is 2.65 bits per heavy atom. The van der Waals surface area contributed by atoms with E-state index in [0.717, 1.165) is 11.1 Å². The molecule has 4 aliphatic heterocycles. The Morgan fingerprint density at radius 2 is 1.83 bits per heavy atom. The average molecular weight is 655 g/mol. The summed E-state index contributed by atoms with van der Waals surface area (Å²) in [5, 5.41) is 22.1. The zero-order chi connectivity index (χ0) is 33.4. The number of allylic oxidation sites excluding steroid dienone is 1. The highest BCUT2D eigenvalue weighted by molar-refractivity contribution is 5.99. The van der Waals surface area contributed by atoms with Gasteiger partial charge in [0.2, 0.25) is 11.8 Å². The molecule has 3 aromatic rings. The Hall–Kier alpha value is -4.88. The largest absolute Gasteiger partial charge is 0.460 e. The lowest BCUT2D eigenvalue weighted by Crippen LogP contribution is -2.59. The number of nitrogens with one attached hydrogen (secondary N) is 1. The van der Waals surface area contributed by atoms with E-state index < -0.39 is 66.1 Å². The van der Waals surface area contributed by atoms with Crippen molar-refractivity contribution in [2.75, 3.05) is 19.7 Å². The van der Waals surface area contributed by atoms with Gasteiger partial charge in [-0.2, -0.15) is 0 Å². The minimum atomic E-state index is -1.47. The summed E-state index contributed by atoms with van der Waals surface area (Å²) in [5.74, 6) is -3.80. The first-order valence-electron chi connectivity index (χ1n) is 16.3. The molecule has 0 unspecified atom stereocenters. The van der Waals surface area contributed by atoms with Crippen molar-refractivity contribution >= 4 is 34.7 Å². The van der Waals surface area contributed by atoms with E-state index in [1.165, 1.54) is 4.90 Å². The van der Waals surface area contributed by atoms with Gasteiger partial charge in [-0.15, -0.1) is 5.10 Å². The zero-order valence-corrected chi connectivity index (χ0v) is 26.6. The van der Waals surface area contributed by atoms with Gasteiger partial charge in [0.05, 0.1) is 36.7 Å². The minimum Gasteiger partial charge on any atom is -0.460 e. The Labute approximate surface area is 277 Å². The van der Waals surface area contributed by atoms with Crippen LogP contribution < -0.4 is 5.32 Å². The third-order valence-corrected chi connectivity index (χ3v) is 9.71. The number of carbonyl (C=O) groups excluding carboxylic acids is 4. The van der Waals surface area contributed by atoms with Crippen molar-refractivity contribution in [3.05, 3.63) is 84.5 Å². The minimum absolute atomic E-state index is 0.00204. The van der Waals surface area contributed by atoms with Gasteiger partial charge in [0.25, 0.3) is 5.91 Å². The maximum absolute atomic E-state index is 15.1. The lowest BCUT2D eigenvalue weighted by Gasteiger charge is -2.38. The van der Waals surface area contributed by atoms with E-state index in [0.29, 0.717) is 11.9 Å². The molecular weight excluding hydrogens is 616 g/mol. The van der Waals surface area contributed by atoms with Gasteiger partial charge in [-0.05, 0) is 37.5 Å². The van der Waals surface area contributed by atoms with Crippen molar-refractivity contribution in [3.63, 3.8) is 0 Å². The molecule has 5 bridgehead atoms. The Bertz CT molecular complexity index is 1770. The number of hydrogen-bond acceptors (Lipinski definition) is 9. The van der Waals surface area contributed by atoms with Crippen molar-refractivity contribution in [1.82, 2.24) is 30.1 Å². The van der Waals surface area contributed by atoms with Crippen LogP contribution in [-0.2, 0) is 41.7 Å². The SMILES string of the molecule is C[C@H]1CNC(=O)CC/C=C\CN(Cn2nnc3ccccc32)C(=O)[C@H]2N([C@@H](CO)Cc3ccccc3)C(=O)[C@@H]3[C@@H](C(=O)O1)[C@H]1C=C[C@]32O1. The fourth-order valence-corrected chi connectivity index (χ4v) is 7.46. The molecule has 48 heavy (non-hydrogen) atoms. The van der Waals surface area contributed by atoms with Crippen LogP contribution in [0.1, 0.15) is 25.3 Å². The molecule has 7 rings (SSSR count). The van der Waals surface area contributed by atoms with Crippen LogP contribution in [0.2, 0.25) is 0 Å². The maximum atomic E-state index is 15.1. The summed E-state index contributed by atoms with van der Waals surface area (Å²) in [6.45, 7) is 1.50. The molecule has 1 aromatic heterocycles. The number of nitrogens with zero attached hydrogens (tertiary/aromatic N) is 5. The summed E-state index contributed by atoms with van der Waals surface area (Å²) in [5.41, 5.74) is 0.787. The fourth-order valence-electron chi connectivity index (χ4n) is 7.46. The molecule has 1 spiro atoms. The number of rotatable bonds is 6. The van der Waals surface area contributed by atoms with E-state index >= 15 is 4.79 Å². The highest BCUT2D eigenvalue weighted by Crippen LogP contribution is 2.56. The Morgan fingerprint density at radius 1 is 1.04 bits per heavy atom. The summed E-state index contributed by atoms with van der Waals surface area (Å²) in [7, 11) is 0. The molecule has 13 heteroatoms. The molecule has 3 amide bonds. The van der Waals surface area contributed by atoms with Crippen molar-refractivity contribution in [3.8, 4) is 0 Å². The molecule has 13 nitrogen and oxygen atoms in total. The van der Waals surface area contributed by atoms with Crippen LogP contribution in [0.5, 0.6) is 0 Å². The number of ether oxygens (including phenoxy) is 2. The third kappa shape index (κ3) is 5.56. The number of cyclic esters (lactones) is 1. The number of likely N-dealkylation sites (tertiary alicyclic amines) is 1. The number of esters is 1. The molecule has 2 aromatic carbocycles. The predicted molar refractivity (Wildman–Crippen MR) is 172 cm³/mol. The van der Waals surface area contributed by atoms with Crippen LogP contribution in [0.4, 0.5) is 0 Å². The second-order valence-corrected chi connectivity index (χ2v) is 12.8. The van der Waals surface area contributed by atoms with E-state index in [1.54, 1.807) is 28.7 Å². The topological polar surface area (TPSA) is 156 Å². The number of hydrogen-bond donors (Lipinski definition) is 2. The first-order chi connectivity index (χ1) is 23.3. The number of aromatic nitrogens is 3. The summed E-state index contributed by atoms with van der Waals surface area (Å²) in [6, 6.07) is 14.8. The molecule has 7 atom stereocenters. The van der Waals surface area contributed by atoms with Gasteiger partial charge in [-0.25, -0.2) is 4.68 Å². The normalized spacial score (nSPS) is 30.4. The summed E-state index contributed by atoms with van der Waals surface area (Å²) < 4.78 is 13.9. The molecule has 0 radical (unpaired) electrons. The molecular formula is C35H38N6O7. The summed E-state index contributed by atoms with van der Waals surface area (Å²) in [4.78, 5) is 59.0. The molecule has 5 heterocycles. The van der Waals surface area contributed by atoms with Crippen LogP contribution in [0.15, 0.2) is 78.9 Å². The molecule has 2 fully saturated rings. The van der Waals surface area contributed by atoms with Gasteiger partial charge in [0, 0.05) is 13.0 Å². The number of benzene rings is 2. The highest BCUT2D eigenvalue weighted by Gasteiger charge is 2.74. The molecule has 0 saturated carbocycles. The monoisotopic (exact) mass is 654 g/mol. The van der Waals surface area contributed by atoms with Crippen LogP contribution in [0, 0.1) is 11.8 Å². The van der Waals surface area contributed by atoms with E-state index in [9.17, 15) is 19.5 Å².